The number of nitrogens with zero attached hydrogens (tertiary/aromatic N) is 1. The number of unbranched alkanes of at least 4 members (excludes halogenated alkanes) is 1. The Morgan fingerprint density at radius 1 is 1.57 bits per heavy atom. The van der Waals surface area contributed by atoms with Gasteiger partial charge in [-0.15, -0.1) is 0 Å². The normalized spacial score (nSPS) is 12.7. The van der Waals surface area contributed by atoms with Crippen LogP contribution in [0.5, 0.6) is 0 Å². The molecule has 1 atom stereocenters. The second kappa shape index (κ2) is 5.60. The highest BCUT2D eigenvalue weighted by molar-refractivity contribution is 5.44. The largest absolute Gasteiger partial charge is 0.398 e. The van der Waals surface area contributed by atoms with E-state index in [9.17, 15) is 5.11 Å². The first-order chi connectivity index (χ1) is 6.74. The summed E-state index contributed by atoms with van der Waals surface area (Å²) in [6.45, 7) is 2.12. The third kappa shape index (κ3) is 3.34. The Kier molecular flexibility index (Phi) is 4.40. The SMILES string of the molecule is CCCCC(O)Cc1cnccc1N. The van der Waals surface area contributed by atoms with Crippen LogP contribution in [0, 0.1) is 0 Å². The Balaban J connectivity index is 2.47. The molecule has 0 amide bonds. The third-order valence-corrected chi connectivity index (χ3v) is 2.29. The highest BCUT2D eigenvalue weighted by Gasteiger charge is 2.07. The number of pyridine rings is 1. The summed E-state index contributed by atoms with van der Waals surface area (Å²) in [4.78, 5) is 3.99. The van der Waals surface area contributed by atoms with Gasteiger partial charge in [-0.3, -0.25) is 4.98 Å². The van der Waals surface area contributed by atoms with Crippen molar-refractivity contribution in [3.05, 3.63) is 24.0 Å². The van der Waals surface area contributed by atoms with Crippen LogP contribution in [-0.4, -0.2) is 16.2 Å². The molecule has 78 valence electrons. The van der Waals surface area contributed by atoms with E-state index in [2.05, 4.69) is 11.9 Å². The van der Waals surface area contributed by atoms with E-state index >= 15 is 0 Å². The molecule has 0 aliphatic rings. The standard InChI is InChI=1S/C11H18N2O/c1-2-3-4-10(14)7-9-8-13-6-5-11(9)12/h5-6,8,10,14H,2-4,7H2,1H3,(H2,12,13). The van der Waals surface area contributed by atoms with Gasteiger partial charge in [-0.2, -0.15) is 0 Å². The first-order valence-electron chi connectivity index (χ1n) is 5.10. The maximum Gasteiger partial charge on any atom is 0.0581 e. The Morgan fingerprint density at radius 2 is 2.36 bits per heavy atom. The highest BCUT2D eigenvalue weighted by Crippen LogP contribution is 2.13. The topological polar surface area (TPSA) is 59.1 Å². The molecule has 0 aliphatic heterocycles. The zero-order valence-electron chi connectivity index (χ0n) is 8.61. The summed E-state index contributed by atoms with van der Waals surface area (Å²) >= 11 is 0. The Hall–Kier alpha value is -1.09. The summed E-state index contributed by atoms with van der Waals surface area (Å²) in [6, 6.07) is 1.77. The molecule has 0 fully saturated rings. The van der Waals surface area contributed by atoms with Gasteiger partial charge >= 0.3 is 0 Å². The van der Waals surface area contributed by atoms with E-state index < -0.39 is 0 Å². The molecule has 1 unspecified atom stereocenters. The molecule has 3 N–H and O–H groups in total. The summed E-state index contributed by atoms with van der Waals surface area (Å²) < 4.78 is 0. The van der Waals surface area contributed by atoms with Crippen LogP contribution >= 0.6 is 0 Å². The van der Waals surface area contributed by atoms with Crippen molar-refractivity contribution in [1.82, 2.24) is 4.98 Å². The average Bonchev–Trinajstić information content (AvgIpc) is 2.18. The van der Waals surface area contributed by atoms with Crippen molar-refractivity contribution in [2.24, 2.45) is 0 Å². The van der Waals surface area contributed by atoms with E-state index in [1.54, 1.807) is 18.5 Å². The Labute approximate surface area is 85.0 Å². The van der Waals surface area contributed by atoms with E-state index in [1.165, 1.54) is 0 Å². The smallest absolute Gasteiger partial charge is 0.0581 e. The van der Waals surface area contributed by atoms with Crippen molar-refractivity contribution < 1.29 is 5.11 Å². The molecule has 1 rings (SSSR count). The minimum absolute atomic E-state index is 0.290. The first kappa shape index (κ1) is 11.0. The van der Waals surface area contributed by atoms with Crippen molar-refractivity contribution in [2.45, 2.75) is 38.7 Å². The number of nitrogen functional groups attached to an aromatic ring is 1. The predicted octanol–water partition coefficient (Wildman–Crippen LogP) is 1.76. The summed E-state index contributed by atoms with van der Waals surface area (Å²) in [7, 11) is 0. The molecule has 0 saturated carbocycles. The van der Waals surface area contributed by atoms with E-state index in [1.807, 2.05) is 0 Å². The molecule has 1 heterocycles. The minimum atomic E-state index is -0.290. The van der Waals surface area contributed by atoms with E-state index in [-0.39, 0.29) is 6.10 Å². The maximum absolute atomic E-state index is 9.67. The summed E-state index contributed by atoms with van der Waals surface area (Å²) in [6.07, 6.45) is 6.72. The quantitative estimate of drug-likeness (QED) is 0.750. The predicted molar refractivity (Wildman–Crippen MR) is 57.9 cm³/mol. The Bertz CT molecular complexity index is 276. The summed E-state index contributed by atoms with van der Waals surface area (Å²) in [5, 5.41) is 9.67. The lowest BCUT2D eigenvalue weighted by Gasteiger charge is -2.10. The minimum Gasteiger partial charge on any atom is -0.398 e. The van der Waals surface area contributed by atoms with E-state index in [0.29, 0.717) is 6.42 Å². The van der Waals surface area contributed by atoms with Crippen molar-refractivity contribution in [2.75, 3.05) is 5.73 Å². The van der Waals surface area contributed by atoms with Gasteiger partial charge in [0.25, 0.3) is 0 Å². The van der Waals surface area contributed by atoms with Crippen molar-refractivity contribution in [1.29, 1.82) is 0 Å². The molecule has 0 bridgehead atoms. The van der Waals surface area contributed by atoms with Gasteiger partial charge in [-0.25, -0.2) is 0 Å². The van der Waals surface area contributed by atoms with Crippen molar-refractivity contribution >= 4 is 5.69 Å². The van der Waals surface area contributed by atoms with Crippen LogP contribution in [0.2, 0.25) is 0 Å². The van der Waals surface area contributed by atoms with Crippen molar-refractivity contribution in [3.8, 4) is 0 Å². The molecule has 14 heavy (non-hydrogen) atoms. The fourth-order valence-corrected chi connectivity index (χ4v) is 1.40. The molecule has 1 aromatic rings. The van der Waals surface area contributed by atoms with Gasteiger partial charge < -0.3 is 10.8 Å². The van der Waals surface area contributed by atoms with Crippen LogP contribution in [0.4, 0.5) is 5.69 Å². The number of rotatable bonds is 5. The van der Waals surface area contributed by atoms with Gasteiger partial charge in [0.05, 0.1) is 6.10 Å². The first-order valence-corrected chi connectivity index (χ1v) is 5.10. The second-order valence-corrected chi connectivity index (χ2v) is 3.57. The lowest BCUT2D eigenvalue weighted by atomic mass is 10.0. The number of hydrogen-bond acceptors (Lipinski definition) is 3. The maximum atomic E-state index is 9.67. The zero-order chi connectivity index (χ0) is 10.4. The lowest BCUT2D eigenvalue weighted by Crippen LogP contribution is -2.11. The van der Waals surface area contributed by atoms with Crippen LogP contribution < -0.4 is 5.73 Å². The van der Waals surface area contributed by atoms with Crippen molar-refractivity contribution in [3.63, 3.8) is 0 Å². The van der Waals surface area contributed by atoms with Gasteiger partial charge in [-0.1, -0.05) is 19.8 Å². The van der Waals surface area contributed by atoms with Crippen LogP contribution in [-0.2, 0) is 6.42 Å². The van der Waals surface area contributed by atoms with Gasteiger partial charge in [0.15, 0.2) is 0 Å². The van der Waals surface area contributed by atoms with Crippen LogP contribution in [0.1, 0.15) is 31.7 Å². The number of hydrogen-bond donors (Lipinski definition) is 2. The highest BCUT2D eigenvalue weighted by atomic mass is 16.3. The van der Waals surface area contributed by atoms with Gasteiger partial charge in [-0.05, 0) is 18.1 Å². The summed E-state index contributed by atoms with van der Waals surface area (Å²) in [5.41, 5.74) is 7.41. The lowest BCUT2D eigenvalue weighted by molar-refractivity contribution is 0.162. The zero-order valence-corrected chi connectivity index (χ0v) is 8.61. The molecule has 1 aromatic heterocycles. The number of nitrogens with two attached hydrogens (primary N) is 1. The van der Waals surface area contributed by atoms with E-state index in [4.69, 9.17) is 5.73 Å². The number of aliphatic hydroxyl groups excluding tert-OH is 1. The van der Waals surface area contributed by atoms with Gasteiger partial charge in [0, 0.05) is 24.5 Å². The fraction of sp³-hybridized carbons (Fsp3) is 0.545. The molecular weight excluding hydrogens is 176 g/mol. The monoisotopic (exact) mass is 194 g/mol. The molecule has 3 heteroatoms. The number of anilines is 1. The molecule has 3 nitrogen and oxygen atoms in total. The molecular formula is C11H18N2O. The number of aliphatic hydroxyl groups is 1. The molecule has 0 spiro atoms. The van der Waals surface area contributed by atoms with E-state index in [0.717, 1.165) is 30.5 Å². The second-order valence-electron chi connectivity index (χ2n) is 3.57. The summed E-state index contributed by atoms with van der Waals surface area (Å²) in [5.74, 6) is 0. The van der Waals surface area contributed by atoms with Crippen LogP contribution in [0.3, 0.4) is 0 Å². The molecule has 0 saturated heterocycles. The molecule has 0 aromatic carbocycles. The van der Waals surface area contributed by atoms with Gasteiger partial charge in [0.2, 0.25) is 0 Å². The Morgan fingerprint density at radius 3 is 3.00 bits per heavy atom. The fourth-order valence-electron chi connectivity index (χ4n) is 1.40. The molecule has 0 radical (unpaired) electrons. The molecule has 0 aliphatic carbocycles. The third-order valence-electron chi connectivity index (χ3n) is 2.29. The van der Waals surface area contributed by atoms with Gasteiger partial charge in [0.1, 0.15) is 0 Å². The van der Waals surface area contributed by atoms with Crippen LogP contribution in [0.15, 0.2) is 18.5 Å². The average molecular weight is 194 g/mol. The number of aromatic nitrogens is 1. The van der Waals surface area contributed by atoms with Crippen LogP contribution in [0.25, 0.3) is 0 Å².